The summed E-state index contributed by atoms with van der Waals surface area (Å²) in [6.07, 6.45) is 10.7. The van der Waals surface area contributed by atoms with E-state index < -0.39 is 0 Å². The quantitative estimate of drug-likeness (QED) is 0.261. The van der Waals surface area contributed by atoms with Crippen LogP contribution in [0.5, 0.6) is 5.75 Å². The van der Waals surface area contributed by atoms with E-state index in [0.29, 0.717) is 17.3 Å². The molecular formula is C19H30IN3O. The molecule has 24 heavy (non-hydrogen) atoms. The second-order valence-electron chi connectivity index (χ2n) is 7.39. The van der Waals surface area contributed by atoms with Crippen LogP contribution in [0.2, 0.25) is 0 Å². The highest BCUT2D eigenvalue weighted by atomic mass is 127. The van der Waals surface area contributed by atoms with Crippen molar-refractivity contribution in [2.75, 3.05) is 18.5 Å². The fourth-order valence-electron chi connectivity index (χ4n) is 4.68. The summed E-state index contributed by atoms with van der Waals surface area (Å²) in [5.41, 5.74) is 14.1. The highest BCUT2D eigenvalue weighted by Crippen LogP contribution is 2.46. The van der Waals surface area contributed by atoms with Gasteiger partial charge in [-0.1, -0.05) is 6.07 Å². The highest BCUT2D eigenvalue weighted by molar-refractivity contribution is 14.2. The molecule has 3 rings (SSSR count). The number of phenols is 1. The predicted octanol–water partition coefficient (Wildman–Crippen LogP) is 5.17. The molecule has 0 unspecified atom stereocenters. The number of hydrogen-bond acceptors (Lipinski definition) is 4. The third-order valence-corrected chi connectivity index (χ3v) is 8.70. The molecular weight excluding hydrogens is 413 g/mol. The molecule has 0 bridgehead atoms. The van der Waals surface area contributed by atoms with Crippen molar-refractivity contribution in [2.24, 2.45) is 15.0 Å². The number of nitrogens with two attached hydrogens (primary N) is 2. The van der Waals surface area contributed by atoms with Gasteiger partial charge in [-0.15, -0.1) is 0 Å². The summed E-state index contributed by atoms with van der Waals surface area (Å²) in [6, 6.07) is 3.66. The van der Waals surface area contributed by atoms with Gasteiger partial charge in [-0.3, -0.25) is 3.15 Å². The van der Waals surface area contributed by atoms with Gasteiger partial charge >= 0.3 is 0 Å². The van der Waals surface area contributed by atoms with Crippen LogP contribution in [0.15, 0.2) is 15.3 Å². The zero-order valence-corrected chi connectivity index (χ0v) is 16.7. The first-order valence-electron chi connectivity index (χ1n) is 9.18. The van der Waals surface area contributed by atoms with Crippen LogP contribution in [0.4, 0.5) is 11.4 Å². The van der Waals surface area contributed by atoms with E-state index in [1.165, 1.54) is 51.4 Å². The van der Waals surface area contributed by atoms with Gasteiger partial charge in [0.2, 0.25) is 0 Å². The number of benzene rings is 1. The lowest BCUT2D eigenvalue weighted by molar-refractivity contribution is 0.190. The minimum absolute atomic E-state index is 0.0996. The number of anilines is 2. The maximum Gasteiger partial charge on any atom is 0.140 e. The van der Waals surface area contributed by atoms with Crippen LogP contribution in [0.25, 0.3) is 0 Å². The largest absolute Gasteiger partial charge is 0.506 e. The average Bonchev–Trinajstić information content (AvgIpc) is 2.61. The Kier molecular flexibility index (Phi) is 6.00. The molecule has 0 aliphatic heterocycles. The molecule has 5 N–H and O–H groups in total. The lowest BCUT2D eigenvalue weighted by atomic mass is 9.69. The van der Waals surface area contributed by atoms with Gasteiger partial charge in [0.1, 0.15) is 5.75 Å². The summed E-state index contributed by atoms with van der Waals surface area (Å²) < 4.78 is 5.38. The SMILES string of the molecule is CN=IC1CCC(C2CCC(c3ccc(O)c(N)c3N)CC2)CC1. The van der Waals surface area contributed by atoms with Gasteiger partial charge in [0.25, 0.3) is 0 Å². The number of rotatable bonds is 3. The fourth-order valence-corrected chi connectivity index (χ4v) is 6.75. The number of nitrogens with zero attached hydrogens (tertiary/aromatic N) is 1. The average molecular weight is 443 g/mol. The van der Waals surface area contributed by atoms with Gasteiger partial charge in [0.05, 0.1) is 11.4 Å². The second-order valence-corrected chi connectivity index (χ2v) is 10.7. The van der Waals surface area contributed by atoms with Crippen molar-refractivity contribution in [2.45, 2.75) is 61.2 Å². The normalized spacial score (nSPS) is 31.7. The van der Waals surface area contributed by atoms with Crippen molar-refractivity contribution in [3.8, 4) is 5.75 Å². The van der Waals surface area contributed by atoms with Crippen LogP contribution in [0.3, 0.4) is 0 Å². The lowest BCUT2D eigenvalue weighted by Gasteiger charge is -2.37. The molecule has 0 saturated heterocycles. The number of nitrogen functional groups attached to an aromatic ring is 2. The van der Waals surface area contributed by atoms with Crippen LogP contribution in [0.1, 0.15) is 62.8 Å². The number of aromatic hydroxyl groups is 1. The summed E-state index contributed by atoms with van der Waals surface area (Å²) in [6.45, 7) is 0. The van der Waals surface area contributed by atoms with E-state index >= 15 is 0 Å². The van der Waals surface area contributed by atoms with Crippen molar-refractivity contribution >= 4 is 32.4 Å². The number of phenolic OH excluding ortho intramolecular Hbond substituents is 1. The molecule has 2 fully saturated rings. The van der Waals surface area contributed by atoms with Gasteiger partial charge in [0.15, 0.2) is 0 Å². The lowest BCUT2D eigenvalue weighted by Crippen LogP contribution is -2.25. The van der Waals surface area contributed by atoms with Crippen LogP contribution in [-0.2, 0) is 0 Å². The Morgan fingerprint density at radius 2 is 1.50 bits per heavy atom. The maximum atomic E-state index is 9.69. The van der Waals surface area contributed by atoms with Gasteiger partial charge < -0.3 is 16.6 Å². The molecule has 5 heteroatoms. The molecule has 0 amide bonds. The van der Waals surface area contributed by atoms with Crippen LogP contribution >= 0.6 is 21.0 Å². The van der Waals surface area contributed by atoms with E-state index in [2.05, 4.69) is 3.15 Å². The first kappa shape index (κ1) is 18.0. The summed E-state index contributed by atoms with van der Waals surface area (Å²) in [7, 11) is 1.99. The third kappa shape index (κ3) is 3.86. The van der Waals surface area contributed by atoms with Crippen molar-refractivity contribution in [1.29, 1.82) is 0 Å². The van der Waals surface area contributed by atoms with Crippen molar-refractivity contribution in [3.63, 3.8) is 0 Å². The van der Waals surface area contributed by atoms with Crippen molar-refractivity contribution in [1.82, 2.24) is 0 Å². The molecule has 134 valence electrons. The Bertz CT molecular complexity index is 589. The molecule has 0 aromatic heterocycles. The van der Waals surface area contributed by atoms with E-state index in [9.17, 15) is 5.11 Å². The Hall–Kier alpha value is -0.850. The second kappa shape index (κ2) is 8.02. The fraction of sp³-hybridized carbons (Fsp3) is 0.684. The van der Waals surface area contributed by atoms with Crippen LogP contribution in [0, 0.1) is 11.8 Å². The Labute approximate surface area is 155 Å². The molecule has 2 aliphatic carbocycles. The van der Waals surface area contributed by atoms with E-state index in [1.54, 1.807) is 6.07 Å². The molecule has 2 aliphatic rings. The van der Waals surface area contributed by atoms with Crippen LogP contribution in [-0.4, -0.2) is 16.1 Å². The first-order chi connectivity index (χ1) is 11.6. The molecule has 0 radical (unpaired) electrons. The molecule has 4 nitrogen and oxygen atoms in total. The summed E-state index contributed by atoms with van der Waals surface area (Å²) >= 11 is 0.0996. The molecule has 0 heterocycles. The Morgan fingerprint density at radius 3 is 2.08 bits per heavy atom. The molecule has 1 aromatic carbocycles. The first-order valence-corrected chi connectivity index (χ1v) is 11.4. The van der Waals surface area contributed by atoms with Crippen LogP contribution < -0.4 is 11.5 Å². The van der Waals surface area contributed by atoms with Gasteiger partial charge in [-0.05, 0) is 102 Å². The summed E-state index contributed by atoms with van der Waals surface area (Å²) in [5.74, 6) is 2.44. The zero-order chi connectivity index (χ0) is 17.1. The van der Waals surface area contributed by atoms with E-state index in [0.717, 1.165) is 21.3 Å². The van der Waals surface area contributed by atoms with Gasteiger partial charge in [0, 0.05) is 11.0 Å². The van der Waals surface area contributed by atoms with Crippen molar-refractivity contribution in [3.05, 3.63) is 17.7 Å². The van der Waals surface area contributed by atoms with E-state index in [4.69, 9.17) is 11.5 Å². The summed E-state index contributed by atoms with van der Waals surface area (Å²) in [4.78, 5) is 0. The number of hydrogen-bond donors (Lipinski definition) is 3. The minimum Gasteiger partial charge on any atom is -0.506 e. The number of halogens is 1. The van der Waals surface area contributed by atoms with Gasteiger partial charge in [-0.25, -0.2) is 0 Å². The minimum atomic E-state index is 0.0996. The highest BCUT2D eigenvalue weighted by Gasteiger charge is 2.31. The summed E-state index contributed by atoms with van der Waals surface area (Å²) in [5, 5.41) is 9.69. The van der Waals surface area contributed by atoms with Crippen molar-refractivity contribution < 1.29 is 5.11 Å². The topological polar surface area (TPSA) is 84.6 Å². The Morgan fingerprint density at radius 1 is 0.917 bits per heavy atom. The smallest absolute Gasteiger partial charge is 0.140 e. The Balaban J connectivity index is 1.56. The molecule has 1 aromatic rings. The molecule has 2 saturated carbocycles. The molecule has 0 atom stereocenters. The zero-order valence-electron chi connectivity index (χ0n) is 14.5. The van der Waals surface area contributed by atoms with Gasteiger partial charge in [-0.2, -0.15) is 0 Å². The monoisotopic (exact) mass is 443 g/mol. The third-order valence-electron chi connectivity index (χ3n) is 6.11. The maximum absolute atomic E-state index is 9.69. The van der Waals surface area contributed by atoms with E-state index in [1.807, 2.05) is 13.1 Å². The van der Waals surface area contributed by atoms with E-state index in [-0.39, 0.29) is 26.8 Å². The number of alkyl halides is 1. The molecule has 0 spiro atoms. The standard InChI is InChI=1S/C19H30IN3O/c1-23-20-15-8-6-13(7-9-15)12-2-4-14(5-3-12)16-10-11-17(24)19(22)18(16)21/h10-15,24H,2-9,21-22H2,1H3. The predicted molar refractivity (Wildman–Crippen MR) is 110 cm³/mol.